The van der Waals surface area contributed by atoms with Gasteiger partial charge in [0.25, 0.3) is 0 Å². The molecule has 0 unspecified atom stereocenters. The molecule has 0 fully saturated rings. The molecule has 0 saturated heterocycles. The number of benzene rings is 2. The van der Waals surface area contributed by atoms with Crippen molar-refractivity contribution in [3.05, 3.63) is 77.7 Å². The normalized spacial score (nSPS) is 16.8. The van der Waals surface area contributed by atoms with Crippen LogP contribution in [-0.2, 0) is 0 Å². The Morgan fingerprint density at radius 2 is 1.32 bits per heavy atom. The number of nitrogens with zero attached hydrogens (tertiary/aromatic N) is 4. The van der Waals surface area contributed by atoms with Gasteiger partial charge < -0.3 is 0 Å². The third-order valence-corrected chi connectivity index (χ3v) is 8.60. The first-order valence-electron chi connectivity index (χ1n) is 8.40. The first-order valence-corrected chi connectivity index (χ1v) is 10.2. The Labute approximate surface area is 151 Å². The molecule has 0 atom stereocenters. The molecule has 130 valence electrons. The highest BCUT2D eigenvalue weighted by atomic mass is 31.2. The van der Waals surface area contributed by atoms with Gasteiger partial charge in [-0.25, -0.2) is 5.01 Å². The van der Waals surface area contributed by atoms with Gasteiger partial charge in [-0.2, -0.15) is 9.34 Å². The molecule has 4 nitrogen and oxygen atoms in total. The summed E-state index contributed by atoms with van der Waals surface area (Å²) in [6.45, 7) is 2.14. The Hall–Kier alpha value is -2.00. The number of hydrogen-bond acceptors (Lipinski definition) is 4. The third kappa shape index (κ3) is 3.13. The van der Waals surface area contributed by atoms with E-state index in [2.05, 4.69) is 98.8 Å². The van der Waals surface area contributed by atoms with E-state index in [1.165, 1.54) is 5.56 Å². The van der Waals surface area contributed by atoms with Crippen LogP contribution in [0.5, 0.6) is 0 Å². The van der Waals surface area contributed by atoms with Crippen molar-refractivity contribution in [3.8, 4) is 0 Å². The SMILES string of the molecule is CC1=C[P+](N(C)C)(N(C)C)C(c2ccccc2)=NN1c1ccccc1. The number of hydrazone groups is 1. The fourth-order valence-corrected chi connectivity index (χ4v) is 6.69. The molecule has 0 aromatic heterocycles. The van der Waals surface area contributed by atoms with Crippen molar-refractivity contribution < 1.29 is 0 Å². The summed E-state index contributed by atoms with van der Waals surface area (Å²) in [5, 5.41) is 7.20. The first-order chi connectivity index (χ1) is 12.0. The molecule has 0 saturated carbocycles. The van der Waals surface area contributed by atoms with E-state index < -0.39 is 7.56 Å². The summed E-state index contributed by atoms with van der Waals surface area (Å²) in [5.41, 5.74) is 4.53. The lowest BCUT2D eigenvalue weighted by molar-refractivity contribution is 0.571. The van der Waals surface area contributed by atoms with Crippen molar-refractivity contribution in [3.63, 3.8) is 0 Å². The van der Waals surface area contributed by atoms with Crippen LogP contribution in [0.25, 0.3) is 0 Å². The lowest BCUT2D eigenvalue weighted by Crippen LogP contribution is -2.36. The minimum absolute atomic E-state index is 1.08. The molecule has 2 aromatic carbocycles. The zero-order valence-electron chi connectivity index (χ0n) is 15.6. The Bertz CT molecular complexity index is 774. The average Bonchev–Trinajstić information content (AvgIpc) is 2.62. The molecule has 0 radical (unpaired) electrons. The second-order valence-corrected chi connectivity index (χ2v) is 10.1. The molecule has 5 heteroatoms. The van der Waals surface area contributed by atoms with Crippen molar-refractivity contribution in [2.75, 3.05) is 33.2 Å². The molecular weight excluding hydrogens is 327 g/mol. The molecule has 1 aliphatic rings. The standard InChI is InChI=1S/C20H26N4P/c1-17-16-25(22(2)3,23(4)5)20(18-12-8-6-9-13-18)21-24(17)19-14-10-7-11-15-19/h6-16H,1-5H3/q+1. The summed E-state index contributed by atoms with van der Waals surface area (Å²) in [7, 11) is 6.72. The summed E-state index contributed by atoms with van der Waals surface area (Å²) in [6.07, 6.45) is 0. The van der Waals surface area contributed by atoms with Gasteiger partial charge in [-0.1, -0.05) is 36.4 Å². The van der Waals surface area contributed by atoms with Crippen LogP contribution in [0.15, 0.2) is 77.3 Å². The van der Waals surface area contributed by atoms with Crippen LogP contribution in [-0.4, -0.2) is 43.0 Å². The van der Waals surface area contributed by atoms with Crippen LogP contribution in [0, 0.1) is 0 Å². The van der Waals surface area contributed by atoms with Gasteiger partial charge in [0.15, 0.2) is 0 Å². The highest BCUT2D eigenvalue weighted by Crippen LogP contribution is 2.68. The number of allylic oxidation sites excluding steroid dienone is 1. The Morgan fingerprint density at radius 3 is 1.84 bits per heavy atom. The van der Waals surface area contributed by atoms with Gasteiger partial charge in [0, 0.05) is 33.8 Å². The van der Waals surface area contributed by atoms with Gasteiger partial charge in [0.05, 0.1) is 11.4 Å². The van der Waals surface area contributed by atoms with Crippen molar-refractivity contribution in [1.82, 2.24) is 9.34 Å². The number of rotatable bonds is 4. The molecule has 25 heavy (non-hydrogen) atoms. The highest BCUT2D eigenvalue weighted by molar-refractivity contribution is 7.90. The van der Waals surface area contributed by atoms with Gasteiger partial charge in [-0.15, -0.1) is 5.10 Å². The third-order valence-electron chi connectivity index (χ3n) is 4.46. The van der Waals surface area contributed by atoms with Crippen LogP contribution in [0.1, 0.15) is 12.5 Å². The van der Waals surface area contributed by atoms with Crippen molar-refractivity contribution in [1.29, 1.82) is 0 Å². The van der Waals surface area contributed by atoms with Crippen LogP contribution < -0.4 is 5.01 Å². The summed E-state index contributed by atoms with van der Waals surface area (Å²) in [6, 6.07) is 20.8. The molecule has 0 aliphatic carbocycles. The Balaban J connectivity index is 2.22. The summed E-state index contributed by atoms with van der Waals surface area (Å²) >= 11 is 0. The van der Waals surface area contributed by atoms with E-state index >= 15 is 0 Å². The molecule has 2 aromatic rings. The molecular formula is C20H26N4P+. The van der Waals surface area contributed by atoms with Gasteiger partial charge >= 0.3 is 0 Å². The second kappa shape index (κ2) is 7.09. The fraction of sp³-hybridized carbons (Fsp3) is 0.250. The van der Waals surface area contributed by atoms with E-state index in [0.717, 1.165) is 16.8 Å². The van der Waals surface area contributed by atoms with Crippen LogP contribution >= 0.6 is 7.56 Å². The van der Waals surface area contributed by atoms with E-state index in [0.29, 0.717) is 0 Å². The zero-order valence-corrected chi connectivity index (χ0v) is 16.5. The molecule has 0 spiro atoms. The minimum Gasteiger partial charge on any atom is -0.231 e. The van der Waals surface area contributed by atoms with Crippen LogP contribution in [0.2, 0.25) is 0 Å². The van der Waals surface area contributed by atoms with E-state index in [1.54, 1.807) is 0 Å². The average molecular weight is 353 g/mol. The molecule has 3 rings (SSSR count). The van der Waals surface area contributed by atoms with Crippen molar-refractivity contribution >= 4 is 18.7 Å². The van der Waals surface area contributed by atoms with Crippen molar-refractivity contribution in [2.24, 2.45) is 5.10 Å². The van der Waals surface area contributed by atoms with Gasteiger partial charge in [-0.3, -0.25) is 0 Å². The van der Waals surface area contributed by atoms with E-state index in [-0.39, 0.29) is 0 Å². The first kappa shape index (κ1) is 17.8. The van der Waals surface area contributed by atoms with Crippen LogP contribution in [0.3, 0.4) is 0 Å². The van der Waals surface area contributed by atoms with Gasteiger partial charge in [0.1, 0.15) is 5.82 Å². The summed E-state index contributed by atoms with van der Waals surface area (Å²) < 4.78 is 4.65. The van der Waals surface area contributed by atoms with Crippen molar-refractivity contribution in [2.45, 2.75) is 6.92 Å². The lowest BCUT2D eigenvalue weighted by Gasteiger charge is -2.38. The van der Waals surface area contributed by atoms with Gasteiger partial charge in [0.2, 0.25) is 13.0 Å². The topological polar surface area (TPSA) is 22.1 Å². The van der Waals surface area contributed by atoms with Crippen LogP contribution in [0.4, 0.5) is 5.69 Å². The quantitative estimate of drug-likeness (QED) is 0.744. The summed E-state index contributed by atoms with van der Waals surface area (Å²) in [5.74, 6) is 2.40. The number of anilines is 1. The highest BCUT2D eigenvalue weighted by Gasteiger charge is 2.52. The Morgan fingerprint density at radius 1 is 0.800 bits per heavy atom. The molecule has 0 amide bonds. The fourth-order valence-electron chi connectivity index (χ4n) is 3.25. The smallest absolute Gasteiger partial charge is 0.231 e. The predicted molar refractivity (Wildman–Crippen MR) is 110 cm³/mol. The molecule has 0 N–H and O–H groups in total. The predicted octanol–water partition coefficient (Wildman–Crippen LogP) is 4.70. The number of para-hydroxylation sites is 1. The largest absolute Gasteiger partial charge is 0.247 e. The maximum absolute atomic E-state index is 5.15. The summed E-state index contributed by atoms with van der Waals surface area (Å²) in [4.78, 5) is 0. The molecule has 0 bridgehead atoms. The lowest BCUT2D eigenvalue weighted by atomic mass is 10.2. The van der Waals surface area contributed by atoms with E-state index in [1.807, 2.05) is 17.1 Å². The second-order valence-electron chi connectivity index (χ2n) is 6.55. The molecule has 1 aliphatic heterocycles. The van der Waals surface area contributed by atoms with E-state index in [9.17, 15) is 0 Å². The van der Waals surface area contributed by atoms with Gasteiger partial charge in [-0.05, 0) is 31.2 Å². The zero-order chi connectivity index (χ0) is 18.0. The number of hydrogen-bond donors (Lipinski definition) is 0. The maximum Gasteiger partial charge on any atom is 0.247 e. The molecule has 1 heterocycles. The monoisotopic (exact) mass is 353 g/mol. The maximum atomic E-state index is 5.15. The minimum atomic E-state index is -1.87. The van der Waals surface area contributed by atoms with E-state index in [4.69, 9.17) is 5.10 Å². The Kier molecular flexibility index (Phi) is 5.05.